The van der Waals surface area contributed by atoms with Crippen LogP contribution in [0.25, 0.3) is 0 Å². The minimum absolute atomic E-state index is 0.0134. The summed E-state index contributed by atoms with van der Waals surface area (Å²) in [5, 5.41) is 11.4. The minimum atomic E-state index is -4.49. The second kappa shape index (κ2) is 33.9. The summed E-state index contributed by atoms with van der Waals surface area (Å²) in [4.78, 5) is 34.5. The fourth-order valence-corrected chi connectivity index (χ4v) is 4.66. The van der Waals surface area contributed by atoms with Gasteiger partial charge in [-0.15, -0.1) is 0 Å². The Balaban J connectivity index is 1.26. The molecule has 2 N–H and O–H groups in total. The zero-order valence-corrected chi connectivity index (χ0v) is 33.4. The number of carboxylic acids is 1. The Labute approximate surface area is 342 Å². The fraction of sp³-hybridized carbons (Fsp3) is 0.625. The van der Waals surface area contributed by atoms with Crippen LogP contribution < -0.4 is 5.32 Å². The Bertz CT molecular complexity index is 1400. The zero-order chi connectivity index (χ0) is 42.7. The van der Waals surface area contributed by atoms with Crippen LogP contribution in [0, 0.1) is 0 Å². The van der Waals surface area contributed by atoms with E-state index in [2.05, 4.69) is 5.32 Å². The van der Waals surface area contributed by atoms with Crippen molar-refractivity contribution in [3.8, 4) is 0 Å². The number of anilines is 2. The van der Waals surface area contributed by atoms with Crippen LogP contribution >= 0.6 is 0 Å². The third kappa shape index (κ3) is 28.2. The van der Waals surface area contributed by atoms with Crippen LogP contribution in [0.15, 0.2) is 48.5 Å². The highest BCUT2D eigenvalue weighted by Gasteiger charge is 2.30. The van der Waals surface area contributed by atoms with Gasteiger partial charge in [-0.1, -0.05) is 18.2 Å². The Kier molecular flexibility index (Phi) is 29.4. The number of rotatable bonds is 38. The number of alkyl halides is 3. The molecule has 0 aromatic heterocycles. The van der Waals surface area contributed by atoms with Gasteiger partial charge in [-0.25, -0.2) is 4.79 Å². The van der Waals surface area contributed by atoms with E-state index in [4.69, 9.17) is 57.2 Å². The van der Waals surface area contributed by atoms with Gasteiger partial charge in [0.1, 0.15) is 13.2 Å². The van der Waals surface area contributed by atoms with Crippen molar-refractivity contribution >= 4 is 29.3 Å². The molecule has 0 aliphatic heterocycles. The van der Waals surface area contributed by atoms with Crippen LogP contribution in [-0.2, 0) is 67.9 Å². The van der Waals surface area contributed by atoms with Crippen LogP contribution in [0.2, 0.25) is 0 Å². The molecule has 16 nitrogen and oxygen atoms in total. The predicted octanol–water partition coefficient (Wildman–Crippen LogP) is 4.94. The summed E-state index contributed by atoms with van der Waals surface area (Å²) in [5.74, 6) is -1.88. The average molecular weight is 850 g/mol. The summed E-state index contributed by atoms with van der Waals surface area (Å²) in [6.45, 7) is 6.90. The quantitative estimate of drug-likeness (QED) is 0.0683. The number of esters is 2. The number of benzene rings is 2. The molecule has 0 amide bonds. The minimum Gasteiger partial charge on any atom is -0.481 e. The fourth-order valence-electron chi connectivity index (χ4n) is 4.66. The number of ether oxygens (including phenoxy) is 11. The van der Waals surface area contributed by atoms with Crippen molar-refractivity contribution < 1.29 is 84.8 Å². The van der Waals surface area contributed by atoms with Crippen molar-refractivity contribution in [3.05, 3.63) is 59.7 Å². The lowest BCUT2D eigenvalue weighted by Crippen LogP contribution is -2.16. The Morgan fingerprint density at radius 3 is 1.36 bits per heavy atom. The Morgan fingerprint density at radius 2 is 0.915 bits per heavy atom. The van der Waals surface area contributed by atoms with E-state index in [1.807, 2.05) is 0 Å². The molecule has 0 aliphatic rings. The van der Waals surface area contributed by atoms with E-state index in [1.54, 1.807) is 18.2 Å². The van der Waals surface area contributed by atoms with Gasteiger partial charge in [0.25, 0.3) is 0 Å². The first kappa shape index (κ1) is 51.2. The molecule has 0 spiro atoms. The van der Waals surface area contributed by atoms with Crippen molar-refractivity contribution in [2.75, 3.05) is 137 Å². The van der Waals surface area contributed by atoms with Gasteiger partial charge in [0, 0.05) is 18.5 Å². The largest absolute Gasteiger partial charge is 0.481 e. The SMILES string of the molecule is O=C(O)CCCCC(=O)OCCOCCOCCOCCOCCOCCOCCOCCOCCOCCOC(=O)c1ccccc1Nc1cccc(C(F)(F)F)c1. The summed E-state index contributed by atoms with van der Waals surface area (Å²) in [6.07, 6.45) is -3.31. The summed E-state index contributed by atoms with van der Waals surface area (Å²) in [5.41, 5.74) is -0.124. The molecule has 334 valence electrons. The lowest BCUT2D eigenvalue weighted by Gasteiger charge is -2.13. The molecule has 0 saturated heterocycles. The summed E-state index contributed by atoms with van der Waals surface area (Å²) in [7, 11) is 0. The number of hydrogen-bond acceptors (Lipinski definition) is 15. The summed E-state index contributed by atoms with van der Waals surface area (Å²) < 4.78 is 98.3. The molecule has 2 aromatic carbocycles. The first-order valence-corrected chi connectivity index (χ1v) is 19.4. The van der Waals surface area contributed by atoms with Gasteiger partial charge in [0.15, 0.2) is 0 Å². The molecule has 19 heteroatoms. The molecular formula is C40H58F3NO15. The standard InChI is InChI=1S/C40H58F3NO15/c41-40(42,43)33-6-5-7-34(32-33)44-36-9-2-1-8-35(36)39(48)59-31-29-57-27-25-55-23-21-53-19-17-51-15-13-49-12-14-50-16-18-52-20-22-54-24-26-56-28-30-58-38(47)11-4-3-10-37(45)46/h1-2,5-9,32,44H,3-4,10-31H2,(H,45,46). The third-order valence-electron chi connectivity index (χ3n) is 7.57. The van der Waals surface area contributed by atoms with Crippen LogP contribution in [0.5, 0.6) is 0 Å². The van der Waals surface area contributed by atoms with E-state index in [1.165, 1.54) is 18.2 Å². The molecule has 0 aliphatic carbocycles. The first-order chi connectivity index (χ1) is 28.7. The number of hydrogen-bond donors (Lipinski definition) is 2. The zero-order valence-electron chi connectivity index (χ0n) is 33.4. The number of carbonyl (C=O) groups is 3. The van der Waals surface area contributed by atoms with E-state index in [0.717, 1.165) is 12.1 Å². The van der Waals surface area contributed by atoms with Gasteiger partial charge in [-0.2, -0.15) is 13.2 Å². The molecular weight excluding hydrogens is 791 g/mol. The van der Waals surface area contributed by atoms with Crippen molar-refractivity contribution in [3.63, 3.8) is 0 Å². The van der Waals surface area contributed by atoms with E-state index in [-0.39, 0.29) is 63.1 Å². The van der Waals surface area contributed by atoms with E-state index in [9.17, 15) is 27.6 Å². The number of halogens is 3. The normalized spacial score (nSPS) is 11.4. The van der Waals surface area contributed by atoms with E-state index in [0.29, 0.717) is 118 Å². The molecule has 0 unspecified atom stereocenters. The predicted molar refractivity (Wildman–Crippen MR) is 206 cm³/mol. The molecule has 0 bridgehead atoms. The highest BCUT2D eigenvalue weighted by Crippen LogP contribution is 2.32. The second-order valence-corrected chi connectivity index (χ2v) is 12.2. The molecule has 2 aromatic rings. The monoisotopic (exact) mass is 849 g/mol. The van der Waals surface area contributed by atoms with Gasteiger partial charge in [0.2, 0.25) is 0 Å². The number of unbranched alkanes of at least 4 members (excludes halogenated alkanes) is 1. The topological polar surface area (TPSA) is 185 Å². The highest BCUT2D eigenvalue weighted by molar-refractivity contribution is 5.96. The number of nitrogens with one attached hydrogen (secondary N) is 1. The molecule has 0 radical (unpaired) electrons. The summed E-state index contributed by atoms with van der Waals surface area (Å²) in [6, 6.07) is 11.1. The van der Waals surface area contributed by atoms with Crippen molar-refractivity contribution in [1.82, 2.24) is 0 Å². The smallest absolute Gasteiger partial charge is 0.416 e. The number of aliphatic carboxylic acids is 1. The number of carbonyl (C=O) groups excluding carboxylic acids is 2. The second-order valence-electron chi connectivity index (χ2n) is 12.2. The van der Waals surface area contributed by atoms with Gasteiger partial charge < -0.3 is 62.5 Å². The lowest BCUT2D eigenvalue weighted by atomic mass is 10.1. The van der Waals surface area contributed by atoms with Gasteiger partial charge >= 0.3 is 24.1 Å². The molecule has 2 rings (SSSR count). The Morgan fingerprint density at radius 1 is 0.508 bits per heavy atom. The van der Waals surface area contributed by atoms with Crippen molar-refractivity contribution in [2.24, 2.45) is 0 Å². The van der Waals surface area contributed by atoms with Crippen molar-refractivity contribution in [2.45, 2.75) is 31.9 Å². The maximum absolute atomic E-state index is 13.1. The average Bonchev–Trinajstić information content (AvgIpc) is 3.21. The van der Waals surface area contributed by atoms with Crippen molar-refractivity contribution in [1.29, 1.82) is 0 Å². The maximum Gasteiger partial charge on any atom is 0.416 e. The van der Waals surface area contributed by atoms with Crippen LogP contribution in [-0.4, -0.2) is 155 Å². The van der Waals surface area contributed by atoms with Crippen LogP contribution in [0.3, 0.4) is 0 Å². The van der Waals surface area contributed by atoms with Crippen LogP contribution in [0.4, 0.5) is 24.5 Å². The van der Waals surface area contributed by atoms with E-state index < -0.39 is 23.7 Å². The first-order valence-electron chi connectivity index (χ1n) is 19.4. The lowest BCUT2D eigenvalue weighted by molar-refractivity contribution is -0.146. The highest BCUT2D eigenvalue weighted by atomic mass is 19.4. The molecule has 59 heavy (non-hydrogen) atoms. The van der Waals surface area contributed by atoms with E-state index >= 15 is 0 Å². The van der Waals surface area contributed by atoms with Gasteiger partial charge in [0.05, 0.1) is 136 Å². The number of para-hydroxylation sites is 1. The third-order valence-corrected chi connectivity index (χ3v) is 7.57. The maximum atomic E-state index is 13.1. The molecule has 0 atom stereocenters. The van der Waals surface area contributed by atoms with Gasteiger partial charge in [-0.3, -0.25) is 9.59 Å². The molecule has 0 saturated carbocycles. The van der Waals surface area contributed by atoms with Gasteiger partial charge in [-0.05, 0) is 43.2 Å². The van der Waals surface area contributed by atoms with Crippen LogP contribution in [0.1, 0.15) is 41.6 Å². The number of carboxylic acid groups (broad SMARTS) is 1. The summed E-state index contributed by atoms with van der Waals surface area (Å²) >= 11 is 0. The molecule has 0 fully saturated rings. The molecule has 0 heterocycles. The Hall–Kier alpha value is -3.92.